The highest BCUT2D eigenvalue weighted by Gasteiger charge is 2.25. The Morgan fingerprint density at radius 2 is 2.00 bits per heavy atom. The molecule has 0 aromatic heterocycles. The summed E-state index contributed by atoms with van der Waals surface area (Å²) in [5.74, 6) is 0.657. The molecule has 4 atom stereocenters. The lowest BCUT2D eigenvalue weighted by Gasteiger charge is -2.33. The predicted octanol–water partition coefficient (Wildman–Crippen LogP) is -0.119. The Kier molecular flexibility index (Phi) is 4.76. The molecule has 0 spiro atoms. The van der Waals surface area contributed by atoms with Gasteiger partial charge in [-0.05, 0) is 12.8 Å². The van der Waals surface area contributed by atoms with Crippen LogP contribution in [0.3, 0.4) is 0 Å². The molecule has 2 aliphatic heterocycles. The molecule has 0 radical (unpaired) electrons. The maximum Gasteiger partial charge on any atom is 0.132 e. The van der Waals surface area contributed by atoms with Gasteiger partial charge in [-0.15, -0.1) is 0 Å². The molecule has 4 unspecified atom stereocenters. The summed E-state index contributed by atoms with van der Waals surface area (Å²) in [6.45, 7) is 9.90. The Balaban J connectivity index is 1.61. The average molecular weight is 243 g/mol. The lowest BCUT2D eigenvalue weighted by atomic mass is 10.0. The first kappa shape index (κ1) is 13.2. The molecule has 0 amide bonds. The zero-order valence-corrected chi connectivity index (χ0v) is 11.0. The normalized spacial score (nSPS) is 38.8. The number of piperazine rings is 1. The van der Waals surface area contributed by atoms with E-state index in [2.05, 4.69) is 36.7 Å². The molecule has 0 aromatic rings. The van der Waals surface area contributed by atoms with Crippen molar-refractivity contribution in [3.8, 4) is 0 Å². The third-order valence-electron chi connectivity index (χ3n) is 3.41. The Morgan fingerprint density at radius 1 is 1.18 bits per heavy atom. The second-order valence-corrected chi connectivity index (χ2v) is 5.33. The minimum Gasteiger partial charge on any atom is -0.358 e. The summed E-state index contributed by atoms with van der Waals surface area (Å²) in [7, 11) is 0. The van der Waals surface area contributed by atoms with Crippen LogP contribution in [-0.4, -0.2) is 50.8 Å². The Labute approximate surface area is 104 Å². The van der Waals surface area contributed by atoms with Crippen LogP contribution in [0.1, 0.15) is 20.8 Å². The van der Waals surface area contributed by atoms with Crippen molar-refractivity contribution < 1.29 is 9.47 Å². The van der Waals surface area contributed by atoms with Gasteiger partial charge in [0.1, 0.15) is 12.5 Å². The van der Waals surface area contributed by atoms with Gasteiger partial charge in [-0.2, -0.15) is 0 Å². The maximum absolute atomic E-state index is 5.78. The first-order valence-electron chi connectivity index (χ1n) is 6.62. The second-order valence-electron chi connectivity index (χ2n) is 5.33. The van der Waals surface area contributed by atoms with Gasteiger partial charge in [-0.1, -0.05) is 13.8 Å². The summed E-state index contributed by atoms with van der Waals surface area (Å²) in [6, 6.07) is 0.552. The largest absolute Gasteiger partial charge is 0.358 e. The minimum absolute atomic E-state index is 0.0506. The Morgan fingerprint density at radius 3 is 2.53 bits per heavy atom. The van der Waals surface area contributed by atoms with E-state index in [-0.39, 0.29) is 12.5 Å². The molecule has 2 rings (SSSR count). The van der Waals surface area contributed by atoms with Gasteiger partial charge in [0.05, 0.1) is 12.7 Å². The van der Waals surface area contributed by atoms with E-state index in [1.807, 2.05) is 0 Å². The smallest absolute Gasteiger partial charge is 0.132 e. The van der Waals surface area contributed by atoms with Crippen LogP contribution in [0.2, 0.25) is 0 Å². The zero-order valence-electron chi connectivity index (χ0n) is 11.0. The van der Waals surface area contributed by atoms with E-state index in [0.717, 1.165) is 19.6 Å². The van der Waals surface area contributed by atoms with Crippen molar-refractivity contribution in [2.75, 3.05) is 26.2 Å². The molecule has 0 bridgehead atoms. The van der Waals surface area contributed by atoms with Gasteiger partial charge >= 0.3 is 0 Å². The van der Waals surface area contributed by atoms with E-state index < -0.39 is 0 Å². The van der Waals surface area contributed by atoms with Crippen molar-refractivity contribution >= 4 is 0 Å². The molecule has 5 heteroatoms. The number of rotatable bonds is 4. The molecule has 3 N–H and O–H groups in total. The molecular weight excluding hydrogens is 218 g/mol. The van der Waals surface area contributed by atoms with Gasteiger partial charge < -0.3 is 14.8 Å². The van der Waals surface area contributed by atoms with Crippen molar-refractivity contribution in [2.24, 2.45) is 5.92 Å². The van der Waals surface area contributed by atoms with Crippen LogP contribution in [0.25, 0.3) is 0 Å². The summed E-state index contributed by atoms with van der Waals surface area (Å²) in [5.41, 5.74) is 0. The number of ether oxygens (including phenoxy) is 2. The average Bonchev–Trinajstić information content (AvgIpc) is 2.73. The number of hydrogen-bond donors (Lipinski definition) is 3. The molecule has 2 fully saturated rings. The highest BCUT2D eigenvalue weighted by Crippen LogP contribution is 2.08. The van der Waals surface area contributed by atoms with Crippen LogP contribution in [0.4, 0.5) is 0 Å². The molecule has 0 aromatic carbocycles. The van der Waals surface area contributed by atoms with Gasteiger partial charge in [0.15, 0.2) is 0 Å². The van der Waals surface area contributed by atoms with Crippen LogP contribution in [0.15, 0.2) is 0 Å². The molecule has 0 aliphatic carbocycles. The Hall–Kier alpha value is -0.200. The fourth-order valence-electron chi connectivity index (χ4n) is 2.23. The van der Waals surface area contributed by atoms with Gasteiger partial charge in [0, 0.05) is 25.7 Å². The number of nitrogens with one attached hydrogen (secondary N) is 3. The molecule has 2 heterocycles. The van der Waals surface area contributed by atoms with E-state index in [4.69, 9.17) is 9.47 Å². The first-order chi connectivity index (χ1) is 8.15. The molecule has 100 valence electrons. The lowest BCUT2D eigenvalue weighted by Crippen LogP contribution is -2.57. The highest BCUT2D eigenvalue weighted by molar-refractivity contribution is 4.81. The summed E-state index contributed by atoms with van der Waals surface area (Å²) in [4.78, 5) is 0. The third kappa shape index (κ3) is 3.89. The molecular formula is C12H25N3O2. The standard InChI is InChI=1S/C12H25N3O2/c1-8(2)10-5-15-11(6-13-10)16-7-12-14-4-9(3)17-12/h8-15H,4-7H2,1-3H3. The van der Waals surface area contributed by atoms with Crippen LogP contribution in [0.5, 0.6) is 0 Å². The van der Waals surface area contributed by atoms with Gasteiger partial charge in [0.2, 0.25) is 0 Å². The fraction of sp³-hybridized carbons (Fsp3) is 1.00. The van der Waals surface area contributed by atoms with Crippen molar-refractivity contribution in [1.82, 2.24) is 16.0 Å². The zero-order chi connectivity index (χ0) is 12.3. The SMILES string of the molecule is CC1CNC(COC2CNC(C(C)C)CN2)O1. The fourth-order valence-corrected chi connectivity index (χ4v) is 2.23. The summed E-state index contributed by atoms with van der Waals surface area (Å²) >= 11 is 0. The summed E-state index contributed by atoms with van der Waals surface area (Å²) in [5, 5.41) is 10.2. The lowest BCUT2D eigenvalue weighted by molar-refractivity contribution is -0.0591. The molecule has 2 aliphatic rings. The summed E-state index contributed by atoms with van der Waals surface area (Å²) in [6.07, 6.45) is 0.451. The van der Waals surface area contributed by atoms with Gasteiger partial charge in [-0.25, -0.2) is 0 Å². The van der Waals surface area contributed by atoms with Crippen molar-refractivity contribution in [1.29, 1.82) is 0 Å². The van der Waals surface area contributed by atoms with E-state index in [1.54, 1.807) is 0 Å². The minimum atomic E-state index is 0.0506. The monoisotopic (exact) mass is 243 g/mol. The van der Waals surface area contributed by atoms with Gasteiger partial charge in [-0.3, -0.25) is 10.6 Å². The molecule has 2 saturated heterocycles. The number of hydrogen-bond acceptors (Lipinski definition) is 5. The first-order valence-corrected chi connectivity index (χ1v) is 6.62. The maximum atomic E-state index is 5.78. The predicted molar refractivity (Wildman–Crippen MR) is 66.7 cm³/mol. The molecule has 0 saturated carbocycles. The van der Waals surface area contributed by atoms with E-state index >= 15 is 0 Å². The van der Waals surface area contributed by atoms with E-state index in [1.165, 1.54) is 0 Å². The second kappa shape index (κ2) is 6.11. The van der Waals surface area contributed by atoms with Crippen molar-refractivity contribution in [3.63, 3.8) is 0 Å². The summed E-state index contributed by atoms with van der Waals surface area (Å²) < 4.78 is 11.4. The van der Waals surface area contributed by atoms with Gasteiger partial charge in [0.25, 0.3) is 0 Å². The van der Waals surface area contributed by atoms with Crippen LogP contribution in [-0.2, 0) is 9.47 Å². The van der Waals surface area contributed by atoms with Crippen LogP contribution in [0, 0.1) is 5.92 Å². The van der Waals surface area contributed by atoms with E-state index in [9.17, 15) is 0 Å². The van der Waals surface area contributed by atoms with Crippen molar-refractivity contribution in [2.45, 2.75) is 45.4 Å². The van der Waals surface area contributed by atoms with E-state index in [0.29, 0.717) is 24.7 Å². The van der Waals surface area contributed by atoms with Crippen LogP contribution < -0.4 is 16.0 Å². The molecule has 5 nitrogen and oxygen atoms in total. The Bertz CT molecular complexity index is 230. The van der Waals surface area contributed by atoms with Crippen molar-refractivity contribution in [3.05, 3.63) is 0 Å². The highest BCUT2D eigenvalue weighted by atomic mass is 16.6. The van der Waals surface area contributed by atoms with Crippen LogP contribution >= 0.6 is 0 Å². The quantitative estimate of drug-likeness (QED) is 0.643. The third-order valence-corrected chi connectivity index (χ3v) is 3.41. The molecule has 17 heavy (non-hydrogen) atoms. The topological polar surface area (TPSA) is 54.5 Å².